The Hall–Kier alpha value is -2.15. The molecule has 0 bridgehead atoms. The second kappa shape index (κ2) is 7.94. The van der Waals surface area contributed by atoms with Gasteiger partial charge in [-0.3, -0.25) is 9.38 Å². The van der Waals surface area contributed by atoms with Gasteiger partial charge in [-0.1, -0.05) is 17.7 Å². The van der Waals surface area contributed by atoms with Crippen LogP contribution in [0.4, 0.5) is 5.82 Å². The molecule has 0 saturated carbocycles. The number of piperidine rings is 1. The lowest BCUT2D eigenvalue weighted by molar-refractivity contribution is 0.311. The number of pyridine rings is 2. The van der Waals surface area contributed by atoms with Crippen LogP contribution in [0.1, 0.15) is 42.7 Å². The molecule has 3 aromatic heterocycles. The predicted molar refractivity (Wildman–Crippen MR) is 117 cm³/mol. The number of likely N-dealkylation sites (N-methyl/N-ethyl adjacent to an activating group) is 1. The van der Waals surface area contributed by atoms with Crippen LogP contribution in [-0.2, 0) is 0 Å². The molecule has 0 aromatic carbocycles. The average molecular weight is 411 g/mol. The van der Waals surface area contributed by atoms with Crippen LogP contribution in [0, 0.1) is 0 Å². The van der Waals surface area contributed by atoms with E-state index in [-0.39, 0.29) is 12.1 Å². The van der Waals surface area contributed by atoms with Crippen LogP contribution >= 0.6 is 11.6 Å². The summed E-state index contributed by atoms with van der Waals surface area (Å²) in [6.45, 7) is 4.28. The Labute approximate surface area is 176 Å². The normalized spacial score (nSPS) is 23.6. The van der Waals surface area contributed by atoms with Crippen molar-refractivity contribution in [2.75, 3.05) is 38.1 Å². The number of halogens is 1. The van der Waals surface area contributed by atoms with Gasteiger partial charge in [-0.15, -0.1) is 0 Å². The summed E-state index contributed by atoms with van der Waals surface area (Å²) < 4.78 is 2.25. The van der Waals surface area contributed by atoms with Crippen molar-refractivity contribution in [1.29, 1.82) is 0 Å². The van der Waals surface area contributed by atoms with E-state index in [1.54, 1.807) is 0 Å². The molecule has 0 aliphatic carbocycles. The molecular formula is C22H27ClN6. The molecule has 0 unspecified atom stereocenters. The molecule has 7 heteroatoms. The van der Waals surface area contributed by atoms with Gasteiger partial charge >= 0.3 is 0 Å². The second-order valence-corrected chi connectivity index (χ2v) is 8.55. The number of piperazine rings is 1. The third-order valence-corrected chi connectivity index (χ3v) is 6.50. The highest BCUT2D eigenvalue weighted by molar-refractivity contribution is 6.31. The molecule has 1 N–H and O–H groups in total. The van der Waals surface area contributed by atoms with Gasteiger partial charge in [0.2, 0.25) is 0 Å². The van der Waals surface area contributed by atoms with Crippen molar-refractivity contribution in [3.63, 3.8) is 0 Å². The van der Waals surface area contributed by atoms with Gasteiger partial charge in [0.1, 0.15) is 11.5 Å². The number of nitrogens with one attached hydrogen (secondary N) is 1. The fourth-order valence-electron chi connectivity index (χ4n) is 4.52. The Bertz CT molecular complexity index is 994. The molecule has 0 spiro atoms. The van der Waals surface area contributed by atoms with E-state index in [0.717, 1.165) is 67.5 Å². The Balaban J connectivity index is 1.42. The molecule has 2 saturated heterocycles. The number of fused-ring (bicyclic) bond motifs is 1. The van der Waals surface area contributed by atoms with Crippen molar-refractivity contribution in [1.82, 2.24) is 24.6 Å². The first-order valence-electron chi connectivity index (χ1n) is 10.5. The molecular weight excluding hydrogens is 384 g/mol. The summed E-state index contributed by atoms with van der Waals surface area (Å²) in [5.74, 6) is 1.23. The number of hydrogen-bond donors (Lipinski definition) is 1. The van der Waals surface area contributed by atoms with Gasteiger partial charge < -0.3 is 15.1 Å². The maximum absolute atomic E-state index is 6.40. The van der Waals surface area contributed by atoms with Crippen molar-refractivity contribution in [2.24, 2.45) is 0 Å². The van der Waals surface area contributed by atoms with Gasteiger partial charge in [-0.2, -0.15) is 0 Å². The maximum Gasteiger partial charge on any atom is 0.138 e. The van der Waals surface area contributed by atoms with Crippen LogP contribution in [0.15, 0.2) is 42.7 Å². The number of imidazole rings is 1. The van der Waals surface area contributed by atoms with E-state index < -0.39 is 0 Å². The summed E-state index contributed by atoms with van der Waals surface area (Å²) in [6.07, 6.45) is 7.29. The lowest BCUT2D eigenvalue weighted by Crippen LogP contribution is -2.45. The lowest BCUT2D eigenvalue weighted by atomic mass is 9.94. The van der Waals surface area contributed by atoms with Gasteiger partial charge in [0.25, 0.3) is 0 Å². The predicted octanol–water partition coefficient (Wildman–Crippen LogP) is 3.69. The van der Waals surface area contributed by atoms with Crippen molar-refractivity contribution in [2.45, 2.75) is 31.3 Å². The number of rotatable bonds is 3. The number of nitrogens with zero attached hydrogens (tertiary/aromatic N) is 5. The smallest absolute Gasteiger partial charge is 0.138 e. The Morgan fingerprint density at radius 3 is 2.69 bits per heavy atom. The molecule has 29 heavy (non-hydrogen) atoms. The quantitative estimate of drug-likeness (QED) is 0.713. The van der Waals surface area contributed by atoms with Crippen LogP contribution in [-0.4, -0.2) is 52.5 Å². The molecule has 2 atom stereocenters. The first-order valence-corrected chi connectivity index (χ1v) is 10.8. The zero-order valence-corrected chi connectivity index (χ0v) is 17.5. The summed E-state index contributed by atoms with van der Waals surface area (Å²) in [4.78, 5) is 14.3. The molecule has 3 aromatic rings. The highest BCUT2D eigenvalue weighted by atomic mass is 35.5. The van der Waals surface area contributed by atoms with E-state index in [1.165, 1.54) is 5.82 Å². The van der Waals surface area contributed by atoms with Crippen molar-refractivity contribution in [3.05, 3.63) is 59.1 Å². The van der Waals surface area contributed by atoms with E-state index in [2.05, 4.69) is 55.9 Å². The van der Waals surface area contributed by atoms with Gasteiger partial charge in [0.05, 0.1) is 28.5 Å². The molecule has 0 amide bonds. The van der Waals surface area contributed by atoms with E-state index in [9.17, 15) is 0 Å². The van der Waals surface area contributed by atoms with E-state index >= 15 is 0 Å². The zero-order chi connectivity index (χ0) is 19.8. The van der Waals surface area contributed by atoms with Gasteiger partial charge in [0, 0.05) is 38.6 Å². The highest BCUT2D eigenvalue weighted by Gasteiger charge is 2.27. The van der Waals surface area contributed by atoms with Gasteiger partial charge in [-0.05, 0) is 50.6 Å². The fourth-order valence-corrected chi connectivity index (χ4v) is 4.77. The molecule has 5 rings (SSSR count). The number of aromatic nitrogens is 3. The van der Waals surface area contributed by atoms with E-state index in [0.29, 0.717) is 0 Å². The Kier molecular flexibility index (Phi) is 5.16. The van der Waals surface area contributed by atoms with E-state index in [4.69, 9.17) is 16.6 Å². The Morgan fingerprint density at radius 2 is 1.86 bits per heavy atom. The van der Waals surface area contributed by atoms with Crippen LogP contribution in [0.5, 0.6) is 0 Å². The maximum atomic E-state index is 6.40. The van der Waals surface area contributed by atoms with Crippen molar-refractivity contribution >= 4 is 23.1 Å². The van der Waals surface area contributed by atoms with Crippen LogP contribution < -0.4 is 10.2 Å². The molecule has 6 nitrogen and oxygen atoms in total. The van der Waals surface area contributed by atoms with Crippen LogP contribution in [0.25, 0.3) is 5.65 Å². The van der Waals surface area contributed by atoms with E-state index in [1.807, 2.05) is 18.3 Å². The summed E-state index contributed by atoms with van der Waals surface area (Å²) in [5, 5.41) is 4.48. The minimum atomic E-state index is 0.171. The van der Waals surface area contributed by atoms with Crippen molar-refractivity contribution < 1.29 is 0 Å². The third-order valence-electron chi connectivity index (χ3n) is 6.18. The molecule has 2 fully saturated rings. The molecule has 0 radical (unpaired) electrons. The van der Waals surface area contributed by atoms with Gasteiger partial charge in [0.15, 0.2) is 0 Å². The third kappa shape index (κ3) is 3.72. The van der Waals surface area contributed by atoms with Crippen molar-refractivity contribution in [3.8, 4) is 0 Å². The van der Waals surface area contributed by atoms with Gasteiger partial charge in [-0.25, -0.2) is 4.98 Å². The number of hydrogen-bond acceptors (Lipinski definition) is 5. The van der Waals surface area contributed by atoms with Crippen LogP contribution in [0.2, 0.25) is 5.02 Å². The fraction of sp³-hybridized carbons (Fsp3) is 0.455. The topological polar surface area (TPSA) is 48.7 Å². The minimum Gasteiger partial charge on any atom is -0.355 e. The summed E-state index contributed by atoms with van der Waals surface area (Å²) in [5.41, 5.74) is 3.06. The molecule has 5 heterocycles. The van der Waals surface area contributed by atoms with Crippen LogP contribution in [0.3, 0.4) is 0 Å². The summed E-state index contributed by atoms with van der Waals surface area (Å²) in [7, 11) is 2.19. The molecule has 152 valence electrons. The SMILES string of the molecule is CN1CCN(c2cccc3nc([C@@H]4CCC[C@H](c5ncccc5Cl)N4)cn23)CC1. The highest BCUT2D eigenvalue weighted by Crippen LogP contribution is 2.34. The molecule has 2 aliphatic rings. The summed E-state index contributed by atoms with van der Waals surface area (Å²) in [6, 6.07) is 10.6. The standard InChI is InChI=1S/C22H27ClN6/c1-27-11-13-28(14-12-27)21-9-3-8-20-26-19(15-29(20)21)17-6-2-7-18(25-17)22-16(23)5-4-10-24-22/h3-5,8-10,15,17-18,25H,2,6-7,11-14H2,1H3/t17-,18+/m0/s1. The largest absolute Gasteiger partial charge is 0.355 e. The zero-order valence-electron chi connectivity index (χ0n) is 16.8. The minimum absolute atomic E-state index is 0.171. The Morgan fingerprint density at radius 1 is 1.03 bits per heavy atom. The first kappa shape index (κ1) is 18.9. The second-order valence-electron chi connectivity index (χ2n) is 8.14. The number of anilines is 1. The average Bonchev–Trinajstić information content (AvgIpc) is 3.19. The summed E-state index contributed by atoms with van der Waals surface area (Å²) >= 11 is 6.40. The monoisotopic (exact) mass is 410 g/mol. The first-order chi connectivity index (χ1) is 14.2. The lowest BCUT2D eigenvalue weighted by Gasteiger charge is -2.34. The molecule has 2 aliphatic heterocycles.